The summed E-state index contributed by atoms with van der Waals surface area (Å²) in [6.45, 7) is 0.805. The van der Waals surface area contributed by atoms with Crippen molar-refractivity contribution in [2.75, 3.05) is 10.8 Å². The lowest BCUT2D eigenvalue weighted by Crippen LogP contribution is -2.52. The summed E-state index contributed by atoms with van der Waals surface area (Å²) in [6, 6.07) is 14.8. The standard InChI is InChI=1S/C29H29Cl3FN3O4S/c1-19(29(38)34-22-7-5-6-8-22)35(17-20-11-12-21(30)15-25(20)31)28(37)18-36(23-13-14-27(33)26(32)16-23)41(39,40)24-9-3-2-4-10-24/h2-4,9-16,19,22H,5-8,17-18H2,1H3,(H,34,38)/t19-/m1/s1. The van der Waals surface area contributed by atoms with Gasteiger partial charge in [0.05, 0.1) is 15.6 Å². The average Bonchev–Trinajstić information content (AvgIpc) is 3.46. The SMILES string of the molecule is C[C@H](C(=O)NC1CCCC1)N(Cc1ccc(Cl)cc1Cl)C(=O)CN(c1ccc(F)c(Cl)c1)S(=O)(=O)c1ccccc1. The van der Waals surface area contributed by atoms with Gasteiger partial charge in [0, 0.05) is 22.6 Å². The van der Waals surface area contributed by atoms with Gasteiger partial charge in [-0.25, -0.2) is 12.8 Å². The van der Waals surface area contributed by atoms with Crippen molar-refractivity contribution in [2.45, 2.75) is 56.1 Å². The number of anilines is 1. The van der Waals surface area contributed by atoms with Gasteiger partial charge in [0.25, 0.3) is 10.0 Å². The Morgan fingerprint density at radius 1 is 0.976 bits per heavy atom. The second-order valence-corrected chi connectivity index (χ2v) is 13.0. The van der Waals surface area contributed by atoms with E-state index in [0.29, 0.717) is 10.6 Å². The molecule has 1 aliphatic rings. The van der Waals surface area contributed by atoms with Crippen LogP contribution >= 0.6 is 34.8 Å². The maximum Gasteiger partial charge on any atom is 0.264 e. The molecule has 1 saturated carbocycles. The van der Waals surface area contributed by atoms with Crippen LogP contribution in [0, 0.1) is 5.82 Å². The Morgan fingerprint density at radius 3 is 2.29 bits per heavy atom. The highest BCUT2D eigenvalue weighted by Crippen LogP contribution is 2.29. The molecule has 0 bridgehead atoms. The Morgan fingerprint density at radius 2 is 1.66 bits per heavy atom. The minimum absolute atomic E-state index is 0.0114. The maximum absolute atomic E-state index is 14.0. The quantitative estimate of drug-likeness (QED) is 0.276. The van der Waals surface area contributed by atoms with Crippen LogP contribution in [0.3, 0.4) is 0 Å². The van der Waals surface area contributed by atoms with Crippen molar-refractivity contribution in [1.29, 1.82) is 0 Å². The summed E-state index contributed by atoms with van der Waals surface area (Å²) in [4.78, 5) is 28.5. The lowest BCUT2D eigenvalue weighted by Gasteiger charge is -2.32. The van der Waals surface area contributed by atoms with Crippen molar-refractivity contribution < 1.29 is 22.4 Å². The zero-order valence-electron chi connectivity index (χ0n) is 22.2. The van der Waals surface area contributed by atoms with E-state index in [1.807, 2.05) is 0 Å². The van der Waals surface area contributed by atoms with Gasteiger partial charge in [-0.15, -0.1) is 0 Å². The number of sulfonamides is 1. The topological polar surface area (TPSA) is 86.8 Å². The monoisotopic (exact) mass is 639 g/mol. The lowest BCUT2D eigenvalue weighted by atomic mass is 10.1. The molecule has 0 aliphatic heterocycles. The molecule has 0 aromatic heterocycles. The van der Waals surface area contributed by atoms with Crippen LogP contribution in [0.4, 0.5) is 10.1 Å². The van der Waals surface area contributed by atoms with Gasteiger partial charge >= 0.3 is 0 Å². The molecule has 3 aromatic rings. The van der Waals surface area contributed by atoms with E-state index in [1.165, 1.54) is 29.2 Å². The second-order valence-electron chi connectivity index (χ2n) is 9.85. The summed E-state index contributed by atoms with van der Waals surface area (Å²) in [5.74, 6) is -1.78. The Hall–Kier alpha value is -2.85. The van der Waals surface area contributed by atoms with E-state index in [2.05, 4.69) is 5.32 Å². The van der Waals surface area contributed by atoms with Gasteiger partial charge in [0.15, 0.2) is 0 Å². The van der Waals surface area contributed by atoms with Crippen molar-refractivity contribution >= 4 is 62.3 Å². The summed E-state index contributed by atoms with van der Waals surface area (Å²) in [5.41, 5.74) is 0.508. The highest BCUT2D eigenvalue weighted by molar-refractivity contribution is 7.92. The van der Waals surface area contributed by atoms with Gasteiger partial charge in [-0.1, -0.05) is 71.9 Å². The third-order valence-electron chi connectivity index (χ3n) is 7.03. The van der Waals surface area contributed by atoms with E-state index in [-0.39, 0.29) is 39.1 Å². The largest absolute Gasteiger partial charge is 0.352 e. The molecule has 0 spiro atoms. The summed E-state index contributed by atoms with van der Waals surface area (Å²) < 4.78 is 42.4. The molecule has 4 rings (SSSR count). The molecule has 0 unspecified atom stereocenters. The smallest absolute Gasteiger partial charge is 0.264 e. The third-order valence-corrected chi connectivity index (χ3v) is 9.69. The van der Waals surface area contributed by atoms with Gasteiger partial charge in [-0.3, -0.25) is 13.9 Å². The van der Waals surface area contributed by atoms with E-state index < -0.39 is 34.3 Å². The molecule has 2 amide bonds. The Labute approximate surface area is 254 Å². The van der Waals surface area contributed by atoms with Crippen LogP contribution in [-0.4, -0.2) is 43.8 Å². The Balaban J connectivity index is 1.71. The molecular weight excluding hydrogens is 612 g/mol. The number of benzene rings is 3. The average molecular weight is 641 g/mol. The first-order valence-corrected chi connectivity index (χ1v) is 15.6. The molecule has 218 valence electrons. The first kappa shape index (κ1) is 31.1. The van der Waals surface area contributed by atoms with Crippen molar-refractivity contribution in [3.8, 4) is 0 Å². The first-order valence-electron chi connectivity index (χ1n) is 13.0. The molecule has 7 nitrogen and oxygen atoms in total. The highest BCUT2D eigenvalue weighted by atomic mass is 35.5. The molecule has 0 saturated heterocycles. The van der Waals surface area contributed by atoms with Crippen LogP contribution in [0.1, 0.15) is 38.2 Å². The van der Waals surface area contributed by atoms with Crippen LogP contribution in [0.5, 0.6) is 0 Å². The summed E-state index contributed by atoms with van der Waals surface area (Å²) in [7, 11) is -4.30. The van der Waals surface area contributed by atoms with E-state index >= 15 is 0 Å². The fourth-order valence-electron chi connectivity index (χ4n) is 4.70. The van der Waals surface area contributed by atoms with Crippen LogP contribution in [-0.2, 0) is 26.2 Å². The number of carbonyl (C=O) groups excluding carboxylic acids is 2. The summed E-state index contributed by atoms with van der Waals surface area (Å²) in [5, 5.41) is 3.38. The molecule has 0 radical (unpaired) electrons. The van der Waals surface area contributed by atoms with E-state index in [1.54, 1.807) is 37.3 Å². The van der Waals surface area contributed by atoms with E-state index in [4.69, 9.17) is 34.8 Å². The Kier molecular flexibility index (Phi) is 10.2. The minimum Gasteiger partial charge on any atom is -0.352 e. The van der Waals surface area contributed by atoms with Crippen LogP contribution < -0.4 is 9.62 Å². The molecule has 1 atom stereocenters. The third kappa shape index (κ3) is 7.52. The molecule has 3 aromatic carbocycles. The molecule has 1 fully saturated rings. The number of amides is 2. The van der Waals surface area contributed by atoms with Crippen LogP contribution in [0.2, 0.25) is 15.1 Å². The molecule has 1 aliphatic carbocycles. The number of hydrogen-bond donors (Lipinski definition) is 1. The fourth-order valence-corrected chi connectivity index (χ4v) is 6.77. The number of nitrogens with one attached hydrogen (secondary N) is 1. The zero-order valence-corrected chi connectivity index (χ0v) is 25.3. The van der Waals surface area contributed by atoms with Gasteiger partial charge in [-0.2, -0.15) is 0 Å². The molecule has 12 heteroatoms. The predicted octanol–water partition coefficient (Wildman–Crippen LogP) is 6.46. The number of hydrogen-bond acceptors (Lipinski definition) is 4. The highest BCUT2D eigenvalue weighted by Gasteiger charge is 2.33. The predicted molar refractivity (Wildman–Crippen MR) is 159 cm³/mol. The van der Waals surface area contributed by atoms with Gasteiger partial charge in [-0.05, 0) is 67.8 Å². The van der Waals surface area contributed by atoms with Crippen LogP contribution in [0.25, 0.3) is 0 Å². The normalized spacial score (nSPS) is 14.5. The van der Waals surface area contributed by atoms with Crippen molar-refractivity contribution in [2.24, 2.45) is 0 Å². The minimum atomic E-state index is -4.30. The molecule has 1 N–H and O–H groups in total. The van der Waals surface area contributed by atoms with Gasteiger partial charge < -0.3 is 10.2 Å². The first-order chi connectivity index (χ1) is 19.5. The van der Waals surface area contributed by atoms with Crippen molar-refractivity contribution in [3.05, 3.63) is 93.2 Å². The number of halogens is 4. The van der Waals surface area contributed by atoms with Gasteiger partial charge in [0.2, 0.25) is 11.8 Å². The number of nitrogens with zero attached hydrogens (tertiary/aromatic N) is 2. The number of carbonyl (C=O) groups is 2. The summed E-state index contributed by atoms with van der Waals surface area (Å²) in [6.07, 6.45) is 3.72. The Bertz CT molecular complexity index is 1520. The summed E-state index contributed by atoms with van der Waals surface area (Å²) >= 11 is 18.5. The van der Waals surface area contributed by atoms with Crippen LogP contribution in [0.15, 0.2) is 71.6 Å². The fraction of sp³-hybridized carbons (Fsp3) is 0.310. The van der Waals surface area contributed by atoms with Gasteiger partial charge in [0.1, 0.15) is 18.4 Å². The zero-order chi connectivity index (χ0) is 29.7. The second kappa shape index (κ2) is 13.4. The lowest BCUT2D eigenvalue weighted by molar-refractivity contribution is -0.139. The molecule has 0 heterocycles. The van der Waals surface area contributed by atoms with E-state index in [9.17, 15) is 22.4 Å². The maximum atomic E-state index is 14.0. The van der Waals surface area contributed by atoms with Crippen molar-refractivity contribution in [1.82, 2.24) is 10.2 Å². The number of rotatable bonds is 10. The van der Waals surface area contributed by atoms with Crippen molar-refractivity contribution in [3.63, 3.8) is 0 Å². The molecule has 41 heavy (non-hydrogen) atoms. The molecular formula is C29H29Cl3FN3O4S. The van der Waals surface area contributed by atoms with E-state index in [0.717, 1.165) is 42.1 Å².